The maximum absolute atomic E-state index is 8.74. The van der Waals surface area contributed by atoms with Crippen LogP contribution in [0.4, 0.5) is 0 Å². The number of benzene rings is 1. The van der Waals surface area contributed by atoms with Crippen LogP contribution in [0.25, 0.3) is 11.3 Å². The van der Waals surface area contributed by atoms with Crippen molar-refractivity contribution in [3.05, 3.63) is 42.4 Å². The topological polar surface area (TPSA) is 46.3 Å². The van der Waals surface area contributed by atoms with Crippen LogP contribution in [-0.2, 0) is 6.61 Å². The predicted molar refractivity (Wildman–Crippen MR) is 47.9 cm³/mol. The van der Waals surface area contributed by atoms with Crippen molar-refractivity contribution in [3.8, 4) is 11.3 Å². The molecule has 13 heavy (non-hydrogen) atoms. The van der Waals surface area contributed by atoms with Crippen molar-refractivity contribution >= 4 is 0 Å². The number of oxazole rings is 1. The van der Waals surface area contributed by atoms with E-state index in [9.17, 15) is 0 Å². The fourth-order valence-corrected chi connectivity index (χ4v) is 1.12. The molecule has 1 N–H and O–H groups in total. The quantitative estimate of drug-likeness (QED) is 0.757. The highest BCUT2D eigenvalue weighted by molar-refractivity contribution is 5.55. The van der Waals surface area contributed by atoms with Gasteiger partial charge < -0.3 is 9.52 Å². The lowest BCUT2D eigenvalue weighted by Crippen LogP contribution is -1.78. The van der Waals surface area contributed by atoms with Crippen LogP contribution in [-0.4, -0.2) is 10.1 Å². The third kappa shape index (κ3) is 1.60. The van der Waals surface area contributed by atoms with Crippen molar-refractivity contribution in [2.24, 2.45) is 0 Å². The Labute approximate surface area is 75.7 Å². The standard InChI is InChI=1S/C10H9NO2/c12-7-10-11-6-9(13-10)8-4-2-1-3-5-8/h1-6,12H,7H2. The number of aromatic nitrogens is 1. The Kier molecular flexibility index (Phi) is 2.10. The van der Waals surface area contributed by atoms with Crippen molar-refractivity contribution in [1.29, 1.82) is 0 Å². The Bertz CT molecular complexity index is 381. The van der Waals surface area contributed by atoms with E-state index in [1.165, 1.54) is 0 Å². The minimum atomic E-state index is -0.160. The smallest absolute Gasteiger partial charge is 0.220 e. The zero-order valence-electron chi connectivity index (χ0n) is 6.97. The summed E-state index contributed by atoms with van der Waals surface area (Å²) in [5.41, 5.74) is 0.967. The molecule has 1 aromatic heterocycles. The lowest BCUT2D eigenvalue weighted by molar-refractivity contribution is 0.241. The number of aliphatic hydroxyl groups is 1. The zero-order valence-corrected chi connectivity index (χ0v) is 6.97. The highest BCUT2D eigenvalue weighted by Crippen LogP contribution is 2.19. The number of hydrogen-bond donors (Lipinski definition) is 1. The van der Waals surface area contributed by atoms with E-state index in [2.05, 4.69) is 4.98 Å². The first-order valence-electron chi connectivity index (χ1n) is 4.01. The van der Waals surface area contributed by atoms with Gasteiger partial charge in [0.25, 0.3) is 0 Å². The van der Waals surface area contributed by atoms with Gasteiger partial charge in [0.05, 0.1) is 6.20 Å². The van der Waals surface area contributed by atoms with Crippen molar-refractivity contribution in [3.63, 3.8) is 0 Å². The molecule has 0 unspecified atom stereocenters. The summed E-state index contributed by atoms with van der Waals surface area (Å²) in [6.07, 6.45) is 1.61. The van der Waals surface area contributed by atoms with E-state index in [-0.39, 0.29) is 6.61 Å². The summed E-state index contributed by atoms with van der Waals surface area (Å²) in [6, 6.07) is 9.66. The average Bonchev–Trinajstić information content (AvgIpc) is 2.67. The molecular formula is C10H9NO2. The normalized spacial score (nSPS) is 10.2. The molecule has 0 atom stereocenters. The lowest BCUT2D eigenvalue weighted by atomic mass is 10.2. The zero-order chi connectivity index (χ0) is 9.10. The molecule has 0 spiro atoms. The SMILES string of the molecule is OCc1ncc(-c2ccccc2)o1. The molecule has 1 aromatic carbocycles. The summed E-state index contributed by atoms with van der Waals surface area (Å²) in [5.74, 6) is 1.03. The van der Waals surface area contributed by atoms with Crippen LogP contribution in [0.5, 0.6) is 0 Å². The van der Waals surface area contributed by atoms with Gasteiger partial charge in [0.15, 0.2) is 5.76 Å². The summed E-state index contributed by atoms with van der Waals surface area (Å²) in [7, 11) is 0. The van der Waals surface area contributed by atoms with Gasteiger partial charge in [-0.2, -0.15) is 0 Å². The first kappa shape index (κ1) is 8.01. The van der Waals surface area contributed by atoms with Crippen molar-refractivity contribution in [2.75, 3.05) is 0 Å². The largest absolute Gasteiger partial charge is 0.438 e. The molecule has 0 aliphatic carbocycles. The van der Waals surface area contributed by atoms with Gasteiger partial charge in [-0.05, 0) is 0 Å². The van der Waals surface area contributed by atoms with E-state index in [1.807, 2.05) is 30.3 Å². The molecule has 1 heterocycles. The summed E-state index contributed by atoms with van der Waals surface area (Å²) in [6.45, 7) is -0.160. The molecule has 0 saturated carbocycles. The van der Waals surface area contributed by atoms with E-state index < -0.39 is 0 Å². The van der Waals surface area contributed by atoms with Gasteiger partial charge in [0.1, 0.15) is 6.61 Å². The molecule has 0 aliphatic rings. The first-order chi connectivity index (χ1) is 6.40. The van der Waals surface area contributed by atoms with Crippen LogP contribution >= 0.6 is 0 Å². The molecule has 2 aromatic rings. The number of nitrogens with zero attached hydrogens (tertiary/aromatic N) is 1. The van der Waals surface area contributed by atoms with Gasteiger partial charge in [-0.15, -0.1) is 0 Å². The average molecular weight is 175 g/mol. The molecule has 0 fully saturated rings. The summed E-state index contributed by atoms with van der Waals surface area (Å²) >= 11 is 0. The Morgan fingerprint density at radius 1 is 1.23 bits per heavy atom. The fourth-order valence-electron chi connectivity index (χ4n) is 1.12. The maximum atomic E-state index is 8.74. The minimum absolute atomic E-state index is 0.160. The molecule has 66 valence electrons. The molecule has 0 aliphatic heterocycles. The van der Waals surface area contributed by atoms with Gasteiger partial charge in [0.2, 0.25) is 5.89 Å². The van der Waals surface area contributed by atoms with E-state index in [1.54, 1.807) is 6.20 Å². The van der Waals surface area contributed by atoms with Crippen LogP contribution in [0.2, 0.25) is 0 Å². The second-order valence-corrected chi connectivity index (χ2v) is 2.64. The molecule has 3 nitrogen and oxygen atoms in total. The summed E-state index contributed by atoms with van der Waals surface area (Å²) in [5, 5.41) is 8.74. The van der Waals surface area contributed by atoms with E-state index in [0.717, 1.165) is 5.56 Å². The maximum Gasteiger partial charge on any atom is 0.220 e. The lowest BCUT2D eigenvalue weighted by Gasteiger charge is -1.92. The monoisotopic (exact) mass is 175 g/mol. The van der Waals surface area contributed by atoms with Crippen molar-refractivity contribution in [2.45, 2.75) is 6.61 Å². The first-order valence-corrected chi connectivity index (χ1v) is 4.01. The Morgan fingerprint density at radius 3 is 2.62 bits per heavy atom. The summed E-state index contributed by atoms with van der Waals surface area (Å²) < 4.78 is 5.26. The van der Waals surface area contributed by atoms with Crippen LogP contribution in [0, 0.1) is 0 Å². The Morgan fingerprint density at radius 2 is 2.00 bits per heavy atom. The Hall–Kier alpha value is -1.61. The third-order valence-corrected chi connectivity index (χ3v) is 1.75. The highest BCUT2D eigenvalue weighted by Gasteiger charge is 2.03. The molecule has 0 radical (unpaired) electrons. The molecule has 3 heteroatoms. The number of aliphatic hydroxyl groups excluding tert-OH is 1. The van der Waals surface area contributed by atoms with Crippen LogP contribution < -0.4 is 0 Å². The van der Waals surface area contributed by atoms with Gasteiger partial charge in [0, 0.05) is 5.56 Å². The molecule has 2 rings (SSSR count). The van der Waals surface area contributed by atoms with Crippen molar-refractivity contribution in [1.82, 2.24) is 4.98 Å². The third-order valence-electron chi connectivity index (χ3n) is 1.75. The predicted octanol–water partition coefficient (Wildman–Crippen LogP) is 1.83. The van der Waals surface area contributed by atoms with Gasteiger partial charge >= 0.3 is 0 Å². The number of rotatable bonds is 2. The second kappa shape index (κ2) is 3.41. The minimum Gasteiger partial charge on any atom is -0.438 e. The molecule has 0 amide bonds. The van der Waals surface area contributed by atoms with Crippen LogP contribution in [0.1, 0.15) is 5.89 Å². The Balaban J connectivity index is 2.36. The van der Waals surface area contributed by atoms with Crippen molar-refractivity contribution < 1.29 is 9.52 Å². The van der Waals surface area contributed by atoms with Gasteiger partial charge in [-0.3, -0.25) is 0 Å². The molecule has 0 bridgehead atoms. The van der Waals surface area contributed by atoms with E-state index in [0.29, 0.717) is 11.7 Å². The molecule has 0 saturated heterocycles. The fraction of sp³-hybridized carbons (Fsp3) is 0.100. The molecular weight excluding hydrogens is 166 g/mol. The van der Waals surface area contributed by atoms with Gasteiger partial charge in [-0.1, -0.05) is 30.3 Å². The van der Waals surface area contributed by atoms with Crippen LogP contribution in [0.3, 0.4) is 0 Å². The van der Waals surface area contributed by atoms with E-state index >= 15 is 0 Å². The number of hydrogen-bond acceptors (Lipinski definition) is 3. The second-order valence-electron chi connectivity index (χ2n) is 2.64. The summed E-state index contributed by atoms with van der Waals surface area (Å²) in [4.78, 5) is 3.89. The van der Waals surface area contributed by atoms with Gasteiger partial charge in [-0.25, -0.2) is 4.98 Å². The highest BCUT2D eigenvalue weighted by atomic mass is 16.4. The van der Waals surface area contributed by atoms with E-state index in [4.69, 9.17) is 9.52 Å². The van der Waals surface area contributed by atoms with Crippen LogP contribution in [0.15, 0.2) is 40.9 Å².